The largest absolute Gasteiger partial charge is 0.459 e. The van der Waals surface area contributed by atoms with Crippen molar-refractivity contribution >= 4 is 46.6 Å². The highest BCUT2D eigenvalue weighted by Gasteiger charge is 2.12. The van der Waals surface area contributed by atoms with Crippen molar-refractivity contribution in [2.24, 2.45) is 0 Å². The van der Waals surface area contributed by atoms with Crippen molar-refractivity contribution in [2.45, 2.75) is 9.92 Å². The number of rotatable bonds is 6. The van der Waals surface area contributed by atoms with E-state index in [1.807, 2.05) is 30.3 Å². The third-order valence-electron chi connectivity index (χ3n) is 4.20. The third kappa shape index (κ3) is 5.33. The van der Waals surface area contributed by atoms with Crippen molar-refractivity contribution in [3.63, 3.8) is 0 Å². The normalized spacial score (nSPS) is 10.5. The van der Waals surface area contributed by atoms with Crippen LogP contribution >= 0.6 is 23.4 Å². The third-order valence-corrected chi connectivity index (χ3v) is 5.47. The van der Waals surface area contributed by atoms with E-state index in [-0.39, 0.29) is 11.7 Å². The zero-order valence-electron chi connectivity index (χ0n) is 16.0. The van der Waals surface area contributed by atoms with E-state index in [1.54, 1.807) is 48.7 Å². The van der Waals surface area contributed by atoms with Gasteiger partial charge in [-0.3, -0.25) is 9.59 Å². The lowest BCUT2D eigenvalue weighted by Crippen LogP contribution is -2.13. The van der Waals surface area contributed by atoms with Gasteiger partial charge in [-0.1, -0.05) is 29.4 Å². The molecule has 0 atom stereocenters. The molecule has 2 N–H and O–H groups in total. The molecule has 0 fully saturated rings. The van der Waals surface area contributed by atoms with E-state index in [0.717, 1.165) is 9.92 Å². The number of pyridine rings is 1. The Morgan fingerprint density at radius 2 is 1.74 bits per heavy atom. The molecule has 4 aromatic rings. The van der Waals surface area contributed by atoms with Gasteiger partial charge in [-0.05, 0) is 66.7 Å². The molecule has 2 aromatic heterocycles. The number of anilines is 2. The first-order chi connectivity index (χ1) is 15.1. The highest BCUT2D eigenvalue weighted by molar-refractivity contribution is 7.99. The second-order valence-electron chi connectivity index (χ2n) is 6.37. The van der Waals surface area contributed by atoms with Crippen LogP contribution in [0.2, 0.25) is 5.02 Å². The van der Waals surface area contributed by atoms with Crippen molar-refractivity contribution in [2.75, 3.05) is 10.6 Å². The number of hydrogen-bond donors (Lipinski definition) is 2. The van der Waals surface area contributed by atoms with Gasteiger partial charge in [-0.2, -0.15) is 0 Å². The Balaban J connectivity index is 1.39. The fourth-order valence-corrected chi connectivity index (χ4v) is 3.69. The number of aromatic nitrogens is 1. The zero-order valence-corrected chi connectivity index (χ0v) is 17.6. The van der Waals surface area contributed by atoms with E-state index < -0.39 is 5.91 Å². The number of hydrogen-bond acceptors (Lipinski definition) is 5. The molecule has 2 aromatic carbocycles. The molecule has 0 saturated carbocycles. The lowest BCUT2D eigenvalue weighted by Gasteiger charge is -2.10. The van der Waals surface area contributed by atoms with E-state index in [0.29, 0.717) is 22.0 Å². The minimum atomic E-state index is -0.410. The lowest BCUT2D eigenvalue weighted by molar-refractivity contribution is 0.0994. The van der Waals surface area contributed by atoms with Gasteiger partial charge in [0.2, 0.25) is 0 Å². The Morgan fingerprint density at radius 3 is 2.42 bits per heavy atom. The molecular weight excluding hydrogens is 434 g/mol. The summed E-state index contributed by atoms with van der Waals surface area (Å²) >= 11 is 7.77. The molecule has 4 rings (SSSR count). The smallest absolute Gasteiger partial charge is 0.291 e. The Kier molecular flexibility index (Phi) is 6.35. The second-order valence-corrected chi connectivity index (χ2v) is 7.88. The zero-order chi connectivity index (χ0) is 21.6. The molecule has 2 amide bonds. The summed E-state index contributed by atoms with van der Waals surface area (Å²) in [5.74, 6) is -0.497. The fraction of sp³-hybridized carbons (Fsp3) is 0. The number of halogens is 1. The number of amides is 2. The van der Waals surface area contributed by atoms with Crippen LogP contribution in [-0.4, -0.2) is 16.8 Å². The Bertz CT molecular complexity index is 1200. The average molecular weight is 450 g/mol. The number of carbonyl (C=O) groups excluding carboxylic acids is 2. The minimum absolute atomic E-state index is 0.179. The maximum absolute atomic E-state index is 12.6. The molecule has 31 heavy (non-hydrogen) atoms. The van der Waals surface area contributed by atoms with E-state index >= 15 is 0 Å². The summed E-state index contributed by atoms with van der Waals surface area (Å²) in [6.45, 7) is 0. The maximum atomic E-state index is 12.6. The topological polar surface area (TPSA) is 84.2 Å². The molecule has 154 valence electrons. The van der Waals surface area contributed by atoms with Crippen LogP contribution in [-0.2, 0) is 0 Å². The van der Waals surface area contributed by atoms with Crippen LogP contribution in [0, 0.1) is 0 Å². The van der Waals surface area contributed by atoms with Gasteiger partial charge in [0, 0.05) is 22.3 Å². The van der Waals surface area contributed by atoms with Crippen LogP contribution in [0.4, 0.5) is 11.4 Å². The lowest BCUT2D eigenvalue weighted by atomic mass is 10.2. The monoisotopic (exact) mass is 449 g/mol. The van der Waals surface area contributed by atoms with Crippen LogP contribution < -0.4 is 10.6 Å². The predicted molar refractivity (Wildman–Crippen MR) is 121 cm³/mol. The van der Waals surface area contributed by atoms with Crippen molar-refractivity contribution < 1.29 is 14.0 Å². The SMILES string of the molecule is O=C(Nc1ccc(NC(=O)c2ccco2)c(Cl)c1)c1ccc(Sc2ccccn2)cc1. The Morgan fingerprint density at radius 1 is 0.903 bits per heavy atom. The standard InChI is InChI=1S/C23H16ClN3O3S/c24-18-14-16(8-11-19(18)27-23(29)20-4-3-13-30-20)26-22(28)15-6-9-17(10-7-15)31-21-5-1-2-12-25-21/h1-14H,(H,26,28)(H,27,29). The molecule has 0 aliphatic carbocycles. The molecule has 0 saturated heterocycles. The van der Waals surface area contributed by atoms with Crippen molar-refractivity contribution in [1.82, 2.24) is 4.98 Å². The maximum Gasteiger partial charge on any atom is 0.291 e. The number of benzene rings is 2. The van der Waals surface area contributed by atoms with Crippen molar-refractivity contribution in [3.8, 4) is 0 Å². The number of furan rings is 1. The van der Waals surface area contributed by atoms with E-state index in [1.165, 1.54) is 18.0 Å². The first-order valence-electron chi connectivity index (χ1n) is 9.23. The molecule has 0 unspecified atom stereocenters. The van der Waals surface area contributed by atoms with Gasteiger partial charge in [0.1, 0.15) is 5.03 Å². The van der Waals surface area contributed by atoms with Crippen LogP contribution in [0.3, 0.4) is 0 Å². The Hall–Kier alpha value is -3.55. The van der Waals surface area contributed by atoms with Crippen LogP contribution in [0.15, 0.2) is 99.6 Å². The molecule has 2 heterocycles. The van der Waals surface area contributed by atoms with E-state index in [2.05, 4.69) is 15.6 Å². The summed E-state index contributed by atoms with van der Waals surface area (Å²) in [7, 11) is 0. The molecule has 0 bridgehead atoms. The summed E-state index contributed by atoms with van der Waals surface area (Å²) in [4.78, 5) is 29.9. The summed E-state index contributed by atoms with van der Waals surface area (Å²) in [5, 5.41) is 6.64. The molecule has 8 heteroatoms. The number of carbonyl (C=O) groups is 2. The first-order valence-corrected chi connectivity index (χ1v) is 10.4. The van der Waals surface area contributed by atoms with Gasteiger partial charge in [0.05, 0.1) is 17.0 Å². The molecule has 6 nitrogen and oxygen atoms in total. The van der Waals surface area contributed by atoms with E-state index in [4.69, 9.17) is 16.0 Å². The molecule has 0 spiro atoms. The fourth-order valence-electron chi connectivity index (χ4n) is 2.69. The summed E-state index contributed by atoms with van der Waals surface area (Å²) < 4.78 is 5.06. The second kappa shape index (κ2) is 9.51. The van der Waals surface area contributed by atoms with Gasteiger partial charge in [0.15, 0.2) is 5.76 Å². The summed E-state index contributed by atoms with van der Waals surface area (Å²) in [6, 6.07) is 21.0. The van der Waals surface area contributed by atoms with Gasteiger partial charge >= 0.3 is 0 Å². The Labute approximate surface area is 187 Å². The first kappa shape index (κ1) is 20.7. The van der Waals surface area contributed by atoms with Crippen molar-refractivity contribution in [3.05, 3.63) is 102 Å². The van der Waals surface area contributed by atoms with Crippen LogP contribution in [0.25, 0.3) is 0 Å². The quantitative estimate of drug-likeness (QED) is 0.378. The van der Waals surface area contributed by atoms with Gasteiger partial charge in [-0.15, -0.1) is 0 Å². The average Bonchev–Trinajstić information content (AvgIpc) is 3.32. The van der Waals surface area contributed by atoms with Crippen LogP contribution in [0.1, 0.15) is 20.9 Å². The number of nitrogens with zero attached hydrogens (tertiary/aromatic N) is 1. The molecule has 0 radical (unpaired) electrons. The van der Waals surface area contributed by atoms with Crippen molar-refractivity contribution in [1.29, 1.82) is 0 Å². The van der Waals surface area contributed by atoms with Crippen LogP contribution in [0.5, 0.6) is 0 Å². The van der Waals surface area contributed by atoms with E-state index in [9.17, 15) is 9.59 Å². The van der Waals surface area contributed by atoms with Gasteiger partial charge in [-0.25, -0.2) is 4.98 Å². The predicted octanol–water partition coefficient (Wildman–Crippen LogP) is 5.98. The summed E-state index contributed by atoms with van der Waals surface area (Å²) in [6.07, 6.45) is 3.15. The highest BCUT2D eigenvalue weighted by Crippen LogP contribution is 2.28. The summed E-state index contributed by atoms with van der Waals surface area (Å²) in [5.41, 5.74) is 1.44. The number of nitrogens with one attached hydrogen (secondary N) is 2. The highest BCUT2D eigenvalue weighted by atomic mass is 35.5. The molecule has 0 aliphatic heterocycles. The van der Waals surface area contributed by atoms with Gasteiger partial charge < -0.3 is 15.1 Å². The molecule has 0 aliphatic rings. The minimum Gasteiger partial charge on any atom is -0.459 e. The van der Waals surface area contributed by atoms with Gasteiger partial charge in [0.25, 0.3) is 11.8 Å². The molecular formula is C23H16ClN3O3S.